The van der Waals surface area contributed by atoms with Crippen molar-refractivity contribution in [3.63, 3.8) is 0 Å². The lowest BCUT2D eigenvalue weighted by Crippen LogP contribution is -2.30. The highest BCUT2D eigenvalue weighted by Gasteiger charge is 2.25. The fourth-order valence-electron chi connectivity index (χ4n) is 4.66. The van der Waals surface area contributed by atoms with Gasteiger partial charge in [-0.2, -0.15) is 0 Å². The molecule has 1 fully saturated rings. The minimum absolute atomic E-state index is 0.191. The molecular formula is C27H28FN3O4. The number of halogens is 1. The van der Waals surface area contributed by atoms with E-state index in [2.05, 4.69) is 39.6 Å². The van der Waals surface area contributed by atoms with Crippen molar-refractivity contribution in [3.8, 4) is 16.9 Å². The molecule has 0 unspecified atom stereocenters. The zero-order valence-corrected chi connectivity index (χ0v) is 19.5. The number of carbonyl (C=O) groups excluding carboxylic acids is 1. The third-order valence-corrected chi connectivity index (χ3v) is 6.60. The van der Waals surface area contributed by atoms with Gasteiger partial charge in [0.15, 0.2) is 11.4 Å². The van der Waals surface area contributed by atoms with Crippen LogP contribution in [-0.4, -0.2) is 38.6 Å². The number of aryl methyl sites for hydroxylation is 1. The van der Waals surface area contributed by atoms with E-state index in [0.29, 0.717) is 29.8 Å². The van der Waals surface area contributed by atoms with Crippen molar-refractivity contribution in [2.45, 2.75) is 44.9 Å². The summed E-state index contributed by atoms with van der Waals surface area (Å²) in [6.45, 7) is 1.05. The predicted molar refractivity (Wildman–Crippen MR) is 129 cm³/mol. The first-order valence-corrected chi connectivity index (χ1v) is 11.7. The van der Waals surface area contributed by atoms with Crippen LogP contribution >= 0.6 is 0 Å². The van der Waals surface area contributed by atoms with Gasteiger partial charge in [0.1, 0.15) is 18.2 Å². The first-order chi connectivity index (χ1) is 16.8. The average Bonchev–Trinajstić information content (AvgIpc) is 2.86. The smallest absolute Gasteiger partial charge is 0.322 e. The fourth-order valence-corrected chi connectivity index (χ4v) is 4.66. The van der Waals surface area contributed by atoms with Crippen LogP contribution in [0.15, 0.2) is 48.5 Å². The molecular weight excluding hydrogens is 449 g/mol. The molecule has 3 aromatic rings. The molecule has 0 radical (unpaired) electrons. The first-order valence-electron chi connectivity index (χ1n) is 11.7. The van der Waals surface area contributed by atoms with E-state index in [1.54, 1.807) is 19.1 Å². The van der Waals surface area contributed by atoms with E-state index in [9.17, 15) is 19.1 Å². The van der Waals surface area contributed by atoms with Gasteiger partial charge in [-0.1, -0.05) is 36.4 Å². The molecule has 0 bridgehead atoms. The monoisotopic (exact) mass is 477 g/mol. The molecule has 1 aliphatic rings. The van der Waals surface area contributed by atoms with Crippen LogP contribution in [0.25, 0.3) is 11.1 Å². The summed E-state index contributed by atoms with van der Waals surface area (Å²) >= 11 is 0. The molecule has 1 aliphatic carbocycles. The Hall–Kier alpha value is -3.81. The highest BCUT2D eigenvalue weighted by Crippen LogP contribution is 2.37. The molecule has 0 saturated heterocycles. The third kappa shape index (κ3) is 6.01. The molecule has 1 aromatic heterocycles. The van der Waals surface area contributed by atoms with Crippen molar-refractivity contribution in [2.24, 2.45) is 5.92 Å². The molecule has 0 spiro atoms. The summed E-state index contributed by atoms with van der Waals surface area (Å²) in [6, 6.07) is 15.0. The number of nitrogens with one attached hydrogen (secondary N) is 1. The number of hydrogen-bond acceptors (Lipinski definition) is 5. The number of aliphatic carboxylic acids is 1. The quantitative estimate of drug-likeness (QED) is 0.458. The molecule has 3 N–H and O–H groups in total. The number of carboxylic acid groups (broad SMARTS) is 1. The second-order valence-electron chi connectivity index (χ2n) is 9.05. The molecule has 4 rings (SSSR count). The molecule has 35 heavy (non-hydrogen) atoms. The van der Waals surface area contributed by atoms with E-state index in [4.69, 9.17) is 5.11 Å². The van der Waals surface area contributed by atoms with Crippen molar-refractivity contribution < 1.29 is 24.2 Å². The molecule has 2 aromatic carbocycles. The van der Waals surface area contributed by atoms with E-state index < -0.39 is 18.4 Å². The summed E-state index contributed by atoms with van der Waals surface area (Å²) in [6.07, 6.45) is 4.64. The molecule has 0 aliphatic heterocycles. The number of carbonyl (C=O) groups is 2. The molecule has 7 nitrogen and oxygen atoms in total. The number of aromatic hydroxyl groups is 1. The van der Waals surface area contributed by atoms with Crippen molar-refractivity contribution >= 4 is 11.9 Å². The van der Waals surface area contributed by atoms with E-state index in [1.807, 2.05) is 0 Å². The van der Waals surface area contributed by atoms with E-state index in [1.165, 1.54) is 17.7 Å². The van der Waals surface area contributed by atoms with Crippen molar-refractivity contribution in [1.82, 2.24) is 15.3 Å². The van der Waals surface area contributed by atoms with Gasteiger partial charge in [0.2, 0.25) is 0 Å². The van der Waals surface area contributed by atoms with Gasteiger partial charge < -0.3 is 15.5 Å². The minimum atomic E-state index is -1.18. The van der Waals surface area contributed by atoms with Crippen molar-refractivity contribution in [2.75, 3.05) is 6.54 Å². The summed E-state index contributed by atoms with van der Waals surface area (Å²) in [5, 5.41) is 21.2. The summed E-state index contributed by atoms with van der Waals surface area (Å²) < 4.78 is 13.2. The van der Waals surface area contributed by atoms with Gasteiger partial charge in [-0.15, -0.1) is 0 Å². The lowest BCUT2D eigenvalue weighted by atomic mass is 9.77. The topological polar surface area (TPSA) is 112 Å². The maximum Gasteiger partial charge on any atom is 0.322 e. The van der Waals surface area contributed by atoms with E-state index in [-0.39, 0.29) is 17.3 Å². The average molecular weight is 478 g/mol. The van der Waals surface area contributed by atoms with Crippen LogP contribution in [0.5, 0.6) is 5.75 Å². The van der Waals surface area contributed by atoms with Gasteiger partial charge in [-0.05, 0) is 73.3 Å². The Morgan fingerprint density at radius 1 is 0.971 bits per heavy atom. The van der Waals surface area contributed by atoms with Crippen molar-refractivity contribution in [3.05, 3.63) is 77.1 Å². The Morgan fingerprint density at radius 3 is 2.17 bits per heavy atom. The number of amides is 1. The Morgan fingerprint density at radius 2 is 1.57 bits per heavy atom. The standard InChI is InChI=1S/C27H28FN3O4/c1-16-26(34)25(27(35)29-15-24(32)33)31-23(30-16)14-17-2-4-18(5-3-17)19-6-8-20(9-7-19)21-10-12-22(28)13-11-21/h6-13,17-18,34H,2-5,14-15H2,1H3,(H,29,35)(H,32,33). The second kappa shape index (κ2) is 10.6. The SMILES string of the molecule is Cc1nc(CC2CCC(c3ccc(-c4ccc(F)cc4)cc3)CC2)nc(C(=O)NCC(=O)O)c1O. The van der Waals surface area contributed by atoms with Gasteiger partial charge in [-0.3, -0.25) is 9.59 Å². The van der Waals surface area contributed by atoms with Crippen LogP contribution in [0.2, 0.25) is 0 Å². The largest absolute Gasteiger partial charge is 0.504 e. The molecule has 1 amide bonds. The Kier molecular flexibility index (Phi) is 7.39. The first kappa shape index (κ1) is 24.3. The number of nitrogens with zero attached hydrogens (tertiary/aromatic N) is 2. The van der Waals surface area contributed by atoms with Crippen molar-refractivity contribution in [1.29, 1.82) is 0 Å². The molecule has 0 atom stereocenters. The van der Waals surface area contributed by atoms with Crippen LogP contribution in [0, 0.1) is 18.7 Å². The Balaban J connectivity index is 1.36. The van der Waals surface area contributed by atoms with Crippen LogP contribution in [0.4, 0.5) is 4.39 Å². The Bertz CT molecular complexity index is 1200. The predicted octanol–water partition coefficient (Wildman–Crippen LogP) is 4.63. The zero-order chi connectivity index (χ0) is 24.9. The number of aromatic nitrogens is 2. The maximum absolute atomic E-state index is 13.2. The van der Waals surface area contributed by atoms with E-state index >= 15 is 0 Å². The summed E-state index contributed by atoms with van der Waals surface area (Å²) in [4.78, 5) is 31.6. The van der Waals surface area contributed by atoms with Crippen LogP contribution < -0.4 is 5.32 Å². The molecule has 1 heterocycles. The lowest BCUT2D eigenvalue weighted by molar-refractivity contribution is -0.135. The number of hydrogen-bond donors (Lipinski definition) is 3. The van der Waals surface area contributed by atoms with Gasteiger partial charge in [0, 0.05) is 6.42 Å². The van der Waals surface area contributed by atoms with E-state index in [0.717, 1.165) is 36.8 Å². The number of carboxylic acids is 1. The second-order valence-corrected chi connectivity index (χ2v) is 9.05. The fraction of sp³-hybridized carbons (Fsp3) is 0.333. The Labute approximate surface area is 203 Å². The zero-order valence-electron chi connectivity index (χ0n) is 19.5. The molecule has 182 valence electrons. The summed E-state index contributed by atoms with van der Waals surface area (Å²) in [5.41, 5.74) is 3.45. The maximum atomic E-state index is 13.2. The molecule has 8 heteroatoms. The number of rotatable bonds is 7. The van der Waals surface area contributed by atoms with Gasteiger partial charge >= 0.3 is 5.97 Å². The third-order valence-electron chi connectivity index (χ3n) is 6.60. The van der Waals surface area contributed by atoms with Crippen LogP contribution in [0.3, 0.4) is 0 Å². The summed E-state index contributed by atoms with van der Waals surface area (Å²) in [7, 11) is 0. The normalized spacial score (nSPS) is 17.7. The highest BCUT2D eigenvalue weighted by molar-refractivity contribution is 5.96. The van der Waals surface area contributed by atoms with Gasteiger partial charge in [-0.25, -0.2) is 14.4 Å². The molecule has 1 saturated carbocycles. The highest BCUT2D eigenvalue weighted by atomic mass is 19.1. The number of benzene rings is 2. The summed E-state index contributed by atoms with van der Waals surface area (Å²) in [5.74, 6) is -1.17. The lowest BCUT2D eigenvalue weighted by Gasteiger charge is -2.28. The minimum Gasteiger partial charge on any atom is -0.504 e. The van der Waals surface area contributed by atoms with Crippen LogP contribution in [0.1, 0.15) is 59.2 Å². The van der Waals surface area contributed by atoms with Gasteiger partial charge in [0.25, 0.3) is 5.91 Å². The van der Waals surface area contributed by atoms with Crippen LogP contribution in [-0.2, 0) is 11.2 Å². The van der Waals surface area contributed by atoms with Gasteiger partial charge in [0.05, 0.1) is 5.69 Å².